The van der Waals surface area contributed by atoms with Crippen molar-refractivity contribution >= 4 is 187 Å². The number of imidazole rings is 1. The predicted molar refractivity (Wildman–Crippen MR) is 441 cm³/mol. The molecule has 2 aliphatic rings. The van der Waals surface area contributed by atoms with Crippen LogP contribution in [0, 0.1) is 24.3 Å². The van der Waals surface area contributed by atoms with Crippen molar-refractivity contribution in [2.75, 3.05) is 26.8 Å². The Labute approximate surface area is 654 Å². The van der Waals surface area contributed by atoms with E-state index in [0.717, 1.165) is 128 Å². The maximum absolute atomic E-state index is 6.94. The minimum atomic E-state index is -1.59. The summed E-state index contributed by atoms with van der Waals surface area (Å²) in [5, 5.41) is 17.0. The van der Waals surface area contributed by atoms with Crippen LogP contribution in [0.2, 0.25) is 0 Å². The van der Waals surface area contributed by atoms with Crippen LogP contribution in [0.25, 0.3) is 114 Å². The third kappa shape index (κ3) is 10.7. The molecule has 0 radical (unpaired) electrons. The first-order valence-electron chi connectivity index (χ1n) is 35.3. The molecule has 0 saturated heterocycles. The second kappa shape index (κ2) is 27.1. The molecule has 20 aromatic rings. The number of anilines is 9. The van der Waals surface area contributed by atoms with Gasteiger partial charge in [0.05, 0.1) is 45.6 Å². The summed E-state index contributed by atoms with van der Waals surface area (Å²) >= 11 is 1.79. The normalized spacial score (nSPS) is 12.4. The fraction of sp³-hybridized carbons (Fsp3) is 0.0330. The van der Waals surface area contributed by atoms with Crippen LogP contribution in [0.15, 0.2) is 313 Å². The van der Waals surface area contributed by atoms with Gasteiger partial charge in [0.2, 0.25) is 0 Å². The summed E-state index contributed by atoms with van der Waals surface area (Å²) < 4.78 is 25.5. The van der Waals surface area contributed by atoms with Gasteiger partial charge in [-0.25, -0.2) is 21.3 Å². The maximum atomic E-state index is 6.94. The molecule has 22 rings (SSSR count). The molecule has 0 aliphatic carbocycles. The number of hydrogen-bond donors (Lipinski definition) is 1. The van der Waals surface area contributed by atoms with Gasteiger partial charge in [-0.3, -0.25) is 9.01 Å². The molecule has 1 N–H and O–H groups in total. The van der Waals surface area contributed by atoms with Crippen LogP contribution in [0.4, 0.5) is 51.4 Å². The second-order valence-corrected chi connectivity index (χ2v) is 32.5. The Hall–Kier alpha value is -11.5. The number of furan rings is 1. The number of rotatable bonds is 10. The standard InChI is InChI=1S/C46H34N7OP.C45H26N3OPS.2Zn/c1-49-28-34(44-46(49)50(2)29-47-44)30-22-24-39-41(26-30)52(40-21-13-12-20-38(40)51(39)3)43-27-33-42(54-43)25-23-36-45(33)53(37-19-11-10-18-35(37)48-36)55(31-14-6-4-7-15-31)32-16-8-5-9-17-32;1-3-12-30(13-4-1)50(31-14-5-2-6-15-31)48-39-20-10-8-17-34(39)36-24-25-42-37(45(36)48)27-43(51-42)47-38-19-9-7-16-33(38)35-23-22-29(26-40(35)47)32-18-11-21-41-44(32)46-28-49-41;;/h4-25,28-29,48H,1-3H3;1-25,28H;;/q2*-2;;+2/p+2. The average molecular weight is 1550 g/mol. The number of benzene rings is 13. The molecule has 9 heterocycles. The molecule has 0 saturated carbocycles. The molecule has 0 bridgehead atoms. The zero-order valence-electron chi connectivity index (χ0n) is 59.0. The number of thiophene rings is 1. The van der Waals surface area contributed by atoms with Crippen LogP contribution < -0.4 is 50.6 Å². The molecule has 17 heteroatoms. The molecule has 2 aliphatic heterocycles. The Bertz CT molecular complexity index is 6790. The van der Waals surface area contributed by atoms with Crippen LogP contribution in [-0.4, -0.2) is 25.5 Å². The van der Waals surface area contributed by atoms with Gasteiger partial charge in [0.25, 0.3) is 0 Å². The number of aromatic nitrogens is 6. The quantitative estimate of drug-likeness (QED) is 0.0626. The van der Waals surface area contributed by atoms with Gasteiger partial charge in [-0.1, -0.05) is 185 Å². The molecule has 108 heavy (non-hydrogen) atoms. The minimum Gasteiger partial charge on any atom is -0.512 e. The van der Waals surface area contributed by atoms with Crippen molar-refractivity contribution in [3.8, 4) is 27.3 Å². The molecule has 7 aromatic heterocycles. The van der Waals surface area contributed by atoms with E-state index in [4.69, 9.17) is 13.8 Å². The molecule has 0 atom stereocenters. The summed E-state index contributed by atoms with van der Waals surface area (Å²) in [5.74, 6) is 0.599. The first kappa shape index (κ1) is 67.1. The van der Waals surface area contributed by atoms with E-state index < -0.39 is 16.1 Å². The number of para-hydroxylation sites is 7. The Morgan fingerprint density at radius 1 is 0.509 bits per heavy atom. The van der Waals surface area contributed by atoms with Gasteiger partial charge in [0.15, 0.2) is 6.39 Å². The molecule has 0 amide bonds. The van der Waals surface area contributed by atoms with Crippen LogP contribution in [0.1, 0.15) is 0 Å². The van der Waals surface area contributed by atoms with Crippen molar-refractivity contribution < 1.29 is 52.4 Å². The molecule has 12 nitrogen and oxygen atoms in total. The number of fused-ring (bicyclic) bond motifs is 16. The summed E-state index contributed by atoms with van der Waals surface area (Å²) in [4.78, 5) is 13.7. The summed E-state index contributed by atoms with van der Waals surface area (Å²) in [6.07, 6.45) is 5.52. The fourth-order valence-corrected chi connectivity index (χ4v) is 22.7. The van der Waals surface area contributed by atoms with Gasteiger partial charge < -0.3 is 37.7 Å². The van der Waals surface area contributed by atoms with Crippen molar-refractivity contribution in [2.45, 2.75) is 0 Å². The summed E-state index contributed by atoms with van der Waals surface area (Å²) in [5.41, 5.74) is 21.2. The zero-order valence-corrected chi connectivity index (χ0v) is 67.8. The van der Waals surface area contributed by atoms with Crippen molar-refractivity contribution in [1.82, 2.24) is 23.4 Å². The van der Waals surface area contributed by atoms with Crippen molar-refractivity contribution in [2.24, 2.45) is 14.1 Å². The van der Waals surface area contributed by atoms with E-state index >= 15 is 0 Å². The number of oxazole rings is 1. The van der Waals surface area contributed by atoms with E-state index in [-0.39, 0.29) is 39.0 Å². The van der Waals surface area contributed by atoms with Crippen molar-refractivity contribution in [3.05, 3.63) is 328 Å². The topological polar surface area (TPSA) is 93.7 Å². The van der Waals surface area contributed by atoms with E-state index in [1.54, 1.807) is 11.3 Å². The van der Waals surface area contributed by atoms with E-state index in [2.05, 4.69) is 360 Å². The largest absolute Gasteiger partial charge is 2.00 e. The Morgan fingerprint density at radius 2 is 1.13 bits per heavy atom. The maximum Gasteiger partial charge on any atom is 2.00 e. The van der Waals surface area contributed by atoms with E-state index in [1.165, 1.54) is 59.5 Å². The zero-order chi connectivity index (χ0) is 70.3. The van der Waals surface area contributed by atoms with Crippen molar-refractivity contribution in [1.29, 1.82) is 0 Å². The first-order chi connectivity index (χ1) is 52.3. The monoisotopic (exact) mass is 1550 g/mol. The number of nitrogens with zero attached hydrogens (tertiary/aromatic N) is 9. The van der Waals surface area contributed by atoms with E-state index in [1.807, 2.05) is 25.5 Å². The van der Waals surface area contributed by atoms with Crippen LogP contribution in [0.3, 0.4) is 0 Å². The third-order valence-electron chi connectivity index (χ3n) is 20.8. The smallest absolute Gasteiger partial charge is 0.512 e. The van der Waals surface area contributed by atoms with Gasteiger partial charge in [0.1, 0.15) is 54.5 Å². The van der Waals surface area contributed by atoms with Gasteiger partial charge in [-0.2, -0.15) is 0 Å². The summed E-state index contributed by atoms with van der Waals surface area (Å²) in [6, 6.07) is 117. The van der Waals surface area contributed by atoms with E-state index in [0.29, 0.717) is 5.88 Å². The van der Waals surface area contributed by atoms with Crippen LogP contribution in [0.5, 0.6) is 0 Å². The molecule has 13 aromatic carbocycles. The van der Waals surface area contributed by atoms with Gasteiger partial charge in [0, 0.05) is 68.1 Å². The Balaban J connectivity index is 0.000000145. The molecule has 508 valence electrons. The Morgan fingerprint density at radius 3 is 1.86 bits per heavy atom. The predicted octanol–water partition coefficient (Wildman–Crippen LogP) is 20.6. The van der Waals surface area contributed by atoms with Gasteiger partial charge in [-0.15, -0.1) is 76.5 Å². The number of nitrogens with one attached hydrogen (secondary N) is 1. The molecular formula is C91H62N10O2P2SZn2. The Kier molecular flexibility index (Phi) is 16.8. The van der Waals surface area contributed by atoms with Crippen LogP contribution >= 0.6 is 27.5 Å². The average Bonchev–Trinajstić information content (AvgIpc) is 1.52. The summed E-state index contributed by atoms with van der Waals surface area (Å²) in [6.45, 7) is 0. The molecular weight excluding hydrogens is 1490 g/mol. The second-order valence-electron chi connectivity index (χ2n) is 26.9. The minimum absolute atomic E-state index is 0. The SMILES string of the molecule is CN1c2ccc(-c3cn(C)c4c3[n-]c[n+]4C)[c-]c2N(c2[c-]c3c4c(ccc3o2)Nc2ccccc2N4[PH+](c2ccccc2)c2ccccc2)c2ccccc21.[Zn+2].[Zn].[c-]1c(-n2c3[c-]c(-c4cccc5ocnc45)ccc3c3ccccc32)sc2ccc3c4ccccc4n([PH+](c4ccccc4)c4ccccc4)c3c12. The summed E-state index contributed by atoms with van der Waals surface area (Å²) in [7, 11) is 3.15. The first-order valence-corrected chi connectivity index (χ1v) is 39.0. The van der Waals surface area contributed by atoms with Crippen molar-refractivity contribution in [3.63, 3.8) is 0 Å². The molecule has 0 unspecified atom stereocenters. The third-order valence-corrected chi connectivity index (χ3v) is 27.2. The number of hydrogen-bond acceptors (Lipinski definition) is 8. The van der Waals surface area contributed by atoms with E-state index in [9.17, 15) is 0 Å². The molecule has 0 spiro atoms. The molecule has 0 fully saturated rings. The van der Waals surface area contributed by atoms with Crippen LogP contribution in [-0.2, 0) is 53.1 Å². The fourth-order valence-electron chi connectivity index (χ4n) is 16.1. The van der Waals surface area contributed by atoms with Gasteiger partial charge >= 0.3 is 19.5 Å². The number of aryl methyl sites for hydroxylation is 2. The van der Waals surface area contributed by atoms with Gasteiger partial charge in [-0.05, 0) is 136 Å².